The van der Waals surface area contributed by atoms with Gasteiger partial charge in [0.2, 0.25) is 17.2 Å². The van der Waals surface area contributed by atoms with E-state index in [1.165, 1.54) is 12.2 Å². The number of hydrogen-bond donors (Lipinski definition) is 1. The van der Waals surface area contributed by atoms with Crippen LogP contribution in [0.1, 0.15) is 32.6 Å². The van der Waals surface area contributed by atoms with Crippen LogP contribution in [-0.2, 0) is 9.59 Å². The summed E-state index contributed by atoms with van der Waals surface area (Å²) < 4.78 is 0. The average molecular weight is 200 g/mol. The van der Waals surface area contributed by atoms with Crippen molar-refractivity contribution < 1.29 is 9.59 Å². The zero-order chi connectivity index (χ0) is 10.2. The molecule has 5 heteroatoms. The number of carbonyl (C=O) groups excluding carboxylic acids is 2. The second kappa shape index (κ2) is 6.61. The number of nitrogens with zero attached hydrogens (tertiary/aromatic N) is 2. The number of aliphatic imine (C=N–C) groups is 2. The summed E-state index contributed by atoms with van der Waals surface area (Å²) in [7, 11) is 0. The monoisotopic (exact) mass is 200 g/mol. The van der Waals surface area contributed by atoms with Gasteiger partial charge in [0.25, 0.3) is 0 Å². The Balaban J connectivity index is 4.23. The minimum absolute atomic E-state index is 0.453. The van der Waals surface area contributed by atoms with Gasteiger partial charge in [-0.15, -0.1) is 12.6 Å². The van der Waals surface area contributed by atoms with Gasteiger partial charge in [-0.05, 0) is 6.42 Å². The fourth-order valence-electron chi connectivity index (χ4n) is 0.895. The molecule has 0 saturated carbocycles. The van der Waals surface area contributed by atoms with E-state index in [2.05, 4.69) is 22.6 Å². The van der Waals surface area contributed by atoms with E-state index in [9.17, 15) is 9.59 Å². The normalized spacial score (nSPS) is 13.7. The van der Waals surface area contributed by atoms with Gasteiger partial charge in [0.15, 0.2) is 0 Å². The number of thiol groups is 1. The van der Waals surface area contributed by atoms with E-state index in [1.807, 2.05) is 6.92 Å². The molecule has 0 aliphatic carbocycles. The Morgan fingerprint density at radius 2 is 1.77 bits per heavy atom. The van der Waals surface area contributed by atoms with Crippen LogP contribution in [0.3, 0.4) is 0 Å². The Labute approximate surface area is 82.6 Å². The average Bonchev–Trinajstić information content (AvgIpc) is 2.05. The van der Waals surface area contributed by atoms with Crippen LogP contribution in [0.25, 0.3) is 0 Å². The molecule has 0 aliphatic heterocycles. The van der Waals surface area contributed by atoms with E-state index in [0.717, 1.165) is 19.3 Å². The zero-order valence-corrected chi connectivity index (χ0v) is 8.38. The first-order chi connectivity index (χ1) is 6.18. The van der Waals surface area contributed by atoms with Gasteiger partial charge in [-0.25, -0.2) is 9.59 Å². The fraction of sp³-hybridized carbons (Fsp3) is 0.750. The van der Waals surface area contributed by atoms with Crippen molar-refractivity contribution in [1.82, 2.24) is 0 Å². The van der Waals surface area contributed by atoms with Crippen LogP contribution in [0.2, 0.25) is 0 Å². The molecule has 0 rings (SSSR count). The molecule has 0 aliphatic rings. The molecular formula is C8H12N2O2S. The lowest BCUT2D eigenvalue weighted by Gasteiger charge is -2.13. The Kier molecular flexibility index (Phi) is 6.15. The number of hydrogen-bond acceptors (Lipinski definition) is 5. The summed E-state index contributed by atoms with van der Waals surface area (Å²) in [5.74, 6) is 0. The maximum Gasteiger partial charge on any atom is 0.238 e. The van der Waals surface area contributed by atoms with Gasteiger partial charge in [-0.1, -0.05) is 19.8 Å². The first kappa shape index (κ1) is 12.1. The second-order valence-electron chi connectivity index (χ2n) is 2.64. The molecule has 0 unspecified atom stereocenters. The van der Waals surface area contributed by atoms with Crippen molar-refractivity contribution in [2.45, 2.75) is 37.6 Å². The molecule has 0 spiro atoms. The molecule has 0 radical (unpaired) electrons. The van der Waals surface area contributed by atoms with Gasteiger partial charge < -0.3 is 0 Å². The largest absolute Gasteiger partial charge is 0.238 e. The maximum absolute atomic E-state index is 10.00. The Bertz CT molecular complexity index is 225. The molecule has 0 aromatic heterocycles. The van der Waals surface area contributed by atoms with E-state index in [-0.39, 0.29) is 0 Å². The predicted octanol–water partition coefficient (Wildman–Crippen LogP) is 1.82. The fourth-order valence-corrected chi connectivity index (χ4v) is 1.13. The lowest BCUT2D eigenvalue weighted by Crippen LogP contribution is -2.14. The van der Waals surface area contributed by atoms with Gasteiger partial charge in [0, 0.05) is 6.42 Å². The van der Waals surface area contributed by atoms with Crippen LogP contribution in [-0.4, -0.2) is 17.2 Å². The highest BCUT2D eigenvalue weighted by Crippen LogP contribution is 2.24. The molecule has 13 heavy (non-hydrogen) atoms. The topological polar surface area (TPSA) is 58.9 Å². The molecule has 4 nitrogen and oxygen atoms in total. The first-order valence-corrected chi connectivity index (χ1v) is 4.53. The minimum atomic E-state index is -1.25. The van der Waals surface area contributed by atoms with Crippen molar-refractivity contribution in [2.75, 3.05) is 0 Å². The Morgan fingerprint density at radius 1 is 1.23 bits per heavy atom. The number of rotatable bonds is 6. The number of isocyanates is 2. The molecule has 0 N–H and O–H groups in total. The van der Waals surface area contributed by atoms with Crippen LogP contribution in [0, 0.1) is 0 Å². The summed E-state index contributed by atoms with van der Waals surface area (Å²) in [6, 6.07) is 0. The molecule has 0 heterocycles. The van der Waals surface area contributed by atoms with E-state index in [4.69, 9.17) is 0 Å². The Morgan fingerprint density at radius 3 is 2.15 bits per heavy atom. The SMILES string of the molecule is CCCCCC(S)(N=C=O)N=C=O. The summed E-state index contributed by atoms with van der Waals surface area (Å²) in [4.78, 5) is 25.4. The molecule has 72 valence electrons. The van der Waals surface area contributed by atoms with Gasteiger partial charge in [-0.2, -0.15) is 9.98 Å². The highest BCUT2D eigenvalue weighted by atomic mass is 32.1. The lowest BCUT2D eigenvalue weighted by atomic mass is 10.2. The highest BCUT2D eigenvalue weighted by Gasteiger charge is 2.22. The van der Waals surface area contributed by atoms with Crippen molar-refractivity contribution in [3.63, 3.8) is 0 Å². The zero-order valence-electron chi connectivity index (χ0n) is 7.49. The molecule has 0 aromatic rings. The van der Waals surface area contributed by atoms with Crippen LogP contribution >= 0.6 is 12.6 Å². The molecule has 0 atom stereocenters. The third-order valence-electron chi connectivity index (χ3n) is 1.57. The third kappa shape index (κ3) is 5.36. The summed E-state index contributed by atoms with van der Waals surface area (Å²) in [5, 5.41) is 0. The van der Waals surface area contributed by atoms with Crippen LogP contribution in [0.4, 0.5) is 0 Å². The van der Waals surface area contributed by atoms with Crippen molar-refractivity contribution in [2.24, 2.45) is 9.98 Å². The van der Waals surface area contributed by atoms with Crippen LogP contribution < -0.4 is 0 Å². The van der Waals surface area contributed by atoms with Crippen molar-refractivity contribution in [1.29, 1.82) is 0 Å². The highest BCUT2D eigenvalue weighted by molar-refractivity contribution is 7.81. The quantitative estimate of drug-likeness (QED) is 0.308. The number of unbranched alkanes of at least 4 members (excludes halogenated alkanes) is 2. The van der Waals surface area contributed by atoms with Crippen LogP contribution in [0.5, 0.6) is 0 Å². The predicted molar refractivity (Wildman–Crippen MR) is 52.1 cm³/mol. The molecule has 0 amide bonds. The standard InChI is InChI=1S/C8H12N2O2S/c1-2-3-4-5-8(13,9-6-11)10-7-12/h13H,2-5H2,1H3. The molecule has 0 saturated heterocycles. The lowest BCUT2D eigenvalue weighted by molar-refractivity contribution is 0.511. The van der Waals surface area contributed by atoms with E-state index in [1.54, 1.807) is 0 Å². The van der Waals surface area contributed by atoms with Crippen molar-refractivity contribution >= 4 is 24.8 Å². The van der Waals surface area contributed by atoms with Gasteiger partial charge in [0.05, 0.1) is 0 Å². The second-order valence-corrected chi connectivity index (χ2v) is 3.35. The van der Waals surface area contributed by atoms with E-state index < -0.39 is 4.99 Å². The van der Waals surface area contributed by atoms with E-state index in [0.29, 0.717) is 6.42 Å². The molecule has 0 bridgehead atoms. The Hall–Kier alpha value is -0.890. The summed E-state index contributed by atoms with van der Waals surface area (Å²) in [5.41, 5.74) is 0. The molecule has 0 aromatic carbocycles. The van der Waals surface area contributed by atoms with Crippen molar-refractivity contribution in [3.05, 3.63) is 0 Å². The van der Waals surface area contributed by atoms with Gasteiger partial charge in [0.1, 0.15) is 0 Å². The van der Waals surface area contributed by atoms with Crippen molar-refractivity contribution in [3.8, 4) is 0 Å². The molecular weight excluding hydrogens is 188 g/mol. The third-order valence-corrected chi connectivity index (χ3v) is 1.99. The van der Waals surface area contributed by atoms with Crippen LogP contribution in [0.15, 0.2) is 9.98 Å². The first-order valence-electron chi connectivity index (χ1n) is 4.09. The van der Waals surface area contributed by atoms with Gasteiger partial charge >= 0.3 is 0 Å². The summed E-state index contributed by atoms with van der Waals surface area (Å²) in [6.45, 7) is 2.05. The molecule has 0 fully saturated rings. The smallest absolute Gasteiger partial charge is 0.211 e. The minimum Gasteiger partial charge on any atom is -0.211 e. The summed E-state index contributed by atoms with van der Waals surface area (Å²) >= 11 is 3.99. The van der Waals surface area contributed by atoms with E-state index >= 15 is 0 Å². The van der Waals surface area contributed by atoms with Gasteiger partial charge in [-0.3, -0.25) is 0 Å². The summed E-state index contributed by atoms with van der Waals surface area (Å²) in [6.07, 6.45) is 5.99. The maximum atomic E-state index is 10.00.